The van der Waals surface area contributed by atoms with E-state index in [1.54, 1.807) is 29.4 Å². The molecule has 0 spiro atoms. The molecule has 1 atom stereocenters. The molecule has 162 valence electrons. The fraction of sp³-hybridized carbons (Fsp3) is 0.375. The Morgan fingerprint density at radius 3 is 2.52 bits per heavy atom. The molecule has 31 heavy (non-hydrogen) atoms. The minimum Gasteiger partial charge on any atom is -0.507 e. The molecule has 7 heteroatoms. The lowest BCUT2D eigenvalue weighted by Gasteiger charge is -2.31. The topological polar surface area (TPSA) is 83.0 Å². The molecule has 4 rings (SSSR count). The summed E-state index contributed by atoms with van der Waals surface area (Å²) >= 11 is 0. The van der Waals surface area contributed by atoms with Crippen LogP contribution in [-0.4, -0.2) is 71.0 Å². The van der Waals surface area contributed by atoms with Gasteiger partial charge < -0.3 is 14.7 Å². The van der Waals surface area contributed by atoms with Crippen LogP contribution < -0.4 is 0 Å². The lowest BCUT2D eigenvalue weighted by molar-refractivity contribution is -0.140. The van der Waals surface area contributed by atoms with Crippen LogP contribution >= 0.6 is 0 Å². The van der Waals surface area contributed by atoms with E-state index in [0.717, 1.165) is 29.8 Å². The Morgan fingerprint density at radius 1 is 1.10 bits per heavy atom. The number of ether oxygens (including phenoxy) is 1. The number of benzene rings is 1. The number of aryl methyl sites for hydroxylation is 2. The van der Waals surface area contributed by atoms with Crippen LogP contribution in [0.15, 0.2) is 48.3 Å². The van der Waals surface area contributed by atoms with Crippen molar-refractivity contribution >= 4 is 17.4 Å². The molecule has 1 aromatic heterocycles. The monoisotopic (exact) mass is 421 g/mol. The number of carbonyl (C=O) groups is 2. The largest absolute Gasteiger partial charge is 0.507 e. The summed E-state index contributed by atoms with van der Waals surface area (Å²) in [6.45, 7) is 7.77. The summed E-state index contributed by atoms with van der Waals surface area (Å²) in [5.74, 6) is -1.36. The number of pyridine rings is 1. The van der Waals surface area contributed by atoms with E-state index in [1.807, 2.05) is 32.0 Å². The van der Waals surface area contributed by atoms with E-state index in [-0.39, 0.29) is 11.3 Å². The van der Waals surface area contributed by atoms with Gasteiger partial charge in [-0.05, 0) is 43.2 Å². The van der Waals surface area contributed by atoms with Crippen molar-refractivity contribution in [2.24, 2.45) is 0 Å². The number of nitrogens with zero attached hydrogens (tertiary/aromatic N) is 3. The Balaban J connectivity index is 1.75. The number of morpholine rings is 1. The number of amides is 1. The van der Waals surface area contributed by atoms with E-state index in [1.165, 1.54) is 0 Å². The van der Waals surface area contributed by atoms with Crippen molar-refractivity contribution in [3.05, 3.63) is 70.6 Å². The van der Waals surface area contributed by atoms with Crippen LogP contribution in [-0.2, 0) is 14.3 Å². The number of Topliss-reactive ketones (excluding diaryl/α,β-unsaturated/α-hetero) is 1. The number of hydrogen-bond donors (Lipinski definition) is 1. The second-order valence-corrected chi connectivity index (χ2v) is 8.05. The van der Waals surface area contributed by atoms with Gasteiger partial charge in [-0.1, -0.05) is 17.7 Å². The van der Waals surface area contributed by atoms with Gasteiger partial charge >= 0.3 is 0 Å². The molecular weight excluding hydrogens is 394 g/mol. The first-order valence-electron chi connectivity index (χ1n) is 10.5. The molecule has 0 unspecified atom stereocenters. The van der Waals surface area contributed by atoms with Crippen LogP contribution in [0.25, 0.3) is 5.76 Å². The first-order valence-corrected chi connectivity index (χ1v) is 10.5. The number of carbonyl (C=O) groups excluding carboxylic acids is 2. The molecule has 2 fully saturated rings. The van der Waals surface area contributed by atoms with Gasteiger partial charge in [0.05, 0.1) is 24.8 Å². The zero-order chi connectivity index (χ0) is 22.0. The standard InChI is InChI=1S/C24H27N3O4/c1-16-3-4-17(2)19(15-16)22(28)20-21(18-5-7-25-8-6-18)27(24(30)23(20)29)10-9-26-11-13-31-14-12-26/h3-8,15,21,28H,9-14H2,1-2H3/t21-/m1/s1. The van der Waals surface area contributed by atoms with E-state index in [4.69, 9.17) is 4.74 Å². The molecule has 2 aliphatic rings. The average molecular weight is 421 g/mol. The van der Waals surface area contributed by atoms with Crippen molar-refractivity contribution < 1.29 is 19.4 Å². The van der Waals surface area contributed by atoms with Gasteiger partial charge in [0.1, 0.15) is 5.76 Å². The fourth-order valence-electron chi connectivity index (χ4n) is 4.21. The summed E-state index contributed by atoms with van der Waals surface area (Å²) in [6, 6.07) is 8.62. The van der Waals surface area contributed by atoms with E-state index >= 15 is 0 Å². The first-order chi connectivity index (χ1) is 15.0. The maximum absolute atomic E-state index is 13.1. The lowest BCUT2D eigenvalue weighted by atomic mass is 9.94. The van der Waals surface area contributed by atoms with E-state index in [9.17, 15) is 14.7 Å². The molecule has 0 aliphatic carbocycles. The quantitative estimate of drug-likeness (QED) is 0.454. The molecule has 3 heterocycles. The van der Waals surface area contributed by atoms with Gasteiger partial charge in [0.15, 0.2) is 0 Å². The van der Waals surface area contributed by atoms with Gasteiger partial charge in [-0.2, -0.15) is 0 Å². The number of hydrogen-bond acceptors (Lipinski definition) is 6. The van der Waals surface area contributed by atoms with Gasteiger partial charge in [-0.3, -0.25) is 19.5 Å². The molecule has 2 aromatic rings. The number of aliphatic hydroxyl groups is 1. The second kappa shape index (κ2) is 8.99. The molecule has 2 aliphatic heterocycles. The van der Waals surface area contributed by atoms with Gasteiger partial charge in [-0.25, -0.2) is 0 Å². The smallest absolute Gasteiger partial charge is 0.295 e. The van der Waals surface area contributed by atoms with Gasteiger partial charge in [0, 0.05) is 44.1 Å². The van der Waals surface area contributed by atoms with Crippen LogP contribution in [0.1, 0.15) is 28.3 Å². The molecule has 0 bridgehead atoms. The Labute approximate surface area is 182 Å². The molecule has 1 aromatic carbocycles. The highest BCUT2D eigenvalue weighted by atomic mass is 16.5. The van der Waals surface area contributed by atoms with Crippen LogP contribution in [0.3, 0.4) is 0 Å². The number of likely N-dealkylation sites (tertiary alicyclic amines) is 1. The molecule has 2 saturated heterocycles. The molecular formula is C24H27N3O4. The summed E-state index contributed by atoms with van der Waals surface area (Å²) in [5.41, 5.74) is 3.27. The third-order valence-corrected chi connectivity index (χ3v) is 5.97. The van der Waals surface area contributed by atoms with Gasteiger partial charge in [0.2, 0.25) is 0 Å². The van der Waals surface area contributed by atoms with Gasteiger partial charge in [-0.15, -0.1) is 0 Å². The van der Waals surface area contributed by atoms with Crippen LogP contribution in [0.5, 0.6) is 0 Å². The van der Waals surface area contributed by atoms with Crippen molar-refractivity contribution in [1.82, 2.24) is 14.8 Å². The van der Waals surface area contributed by atoms with Gasteiger partial charge in [0.25, 0.3) is 11.7 Å². The number of aliphatic hydroxyl groups excluding tert-OH is 1. The Kier molecular flexibility index (Phi) is 6.15. The zero-order valence-corrected chi connectivity index (χ0v) is 17.9. The van der Waals surface area contributed by atoms with Crippen LogP contribution in [0.4, 0.5) is 0 Å². The minimum absolute atomic E-state index is 0.129. The first kappa shape index (κ1) is 21.2. The highest BCUT2D eigenvalue weighted by Crippen LogP contribution is 2.39. The van der Waals surface area contributed by atoms with Crippen LogP contribution in [0, 0.1) is 13.8 Å². The second-order valence-electron chi connectivity index (χ2n) is 8.05. The molecule has 0 saturated carbocycles. The summed E-state index contributed by atoms with van der Waals surface area (Å²) in [7, 11) is 0. The van der Waals surface area contributed by atoms with Crippen molar-refractivity contribution in [3.63, 3.8) is 0 Å². The Hall–Kier alpha value is -3.03. The third kappa shape index (κ3) is 4.24. The fourth-order valence-corrected chi connectivity index (χ4v) is 4.21. The summed E-state index contributed by atoms with van der Waals surface area (Å²) < 4.78 is 5.39. The van der Waals surface area contributed by atoms with Crippen molar-refractivity contribution in [2.75, 3.05) is 39.4 Å². The zero-order valence-electron chi connectivity index (χ0n) is 17.9. The maximum atomic E-state index is 13.1. The predicted molar refractivity (Wildman–Crippen MR) is 116 cm³/mol. The number of rotatable bonds is 5. The van der Waals surface area contributed by atoms with E-state index in [2.05, 4.69) is 9.88 Å². The molecule has 1 N–H and O–H groups in total. The SMILES string of the molecule is Cc1ccc(C)c(C(O)=C2C(=O)C(=O)N(CCN3CCOCC3)[C@@H]2c2ccncc2)c1. The van der Waals surface area contributed by atoms with Crippen molar-refractivity contribution in [3.8, 4) is 0 Å². The lowest BCUT2D eigenvalue weighted by Crippen LogP contribution is -2.42. The van der Waals surface area contributed by atoms with E-state index in [0.29, 0.717) is 31.9 Å². The average Bonchev–Trinajstić information content (AvgIpc) is 3.05. The summed E-state index contributed by atoms with van der Waals surface area (Å²) in [6.07, 6.45) is 3.27. The summed E-state index contributed by atoms with van der Waals surface area (Å²) in [4.78, 5) is 34.0. The molecule has 1 amide bonds. The van der Waals surface area contributed by atoms with Crippen molar-refractivity contribution in [2.45, 2.75) is 19.9 Å². The van der Waals surface area contributed by atoms with E-state index < -0.39 is 17.7 Å². The third-order valence-electron chi connectivity index (χ3n) is 5.97. The predicted octanol–water partition coefficient (Wildman–Crippen LogP) is 2.45. The van der Waals surface area contributed by atoms with Crippen LogP contribution in [0.2, 0.25) is 0 Å². The number of ketones is 1. The maximum Gasteiger partial charge on any atom is 0.295 e. The minimum atomic E-state index is -0.651. The Morgan fingerprint density at radius 2 is 1.81 bits per heavy atom. The number of aromatic nitrogens is 1. The Bertz CT molecular complexity index is 1010. The van der Waals surface area contributed by atoms with Crippen molar-refractivity contribution in [1.29, 1.82) is 0 Å². The highest BCUT2D eigenvalue weighted by molar-refractivity contribution is 6.46. The normalized spacial score (nSPS) is 21.6. The highest BCUT2D eigenvalue weighted by Gasteiger charge is 2.46. The summed E-state index contributed by atoms with van der Waals surface area (Å²) in [5, 5.41) is 11.2. The molecule has 0 radical (unpaired) electrons. The molecule has 7 nitrogen and oxygen atoms in total.